The first-order valence-corrected chi connectivity index (χ1v) is 18.7. The van der Waals surface area contributed by atoms with Crippen LogP contribution in [0.25, 0.3) is 104 Å². The van der Waals surface area contributed by atoms with E-state index in [4.69, 9.17) is 23.2 Å². The number of thiophene rings is 1. The number of benzene rings is 8. The number of fused-ring (bicyclic) bond motifs is 6. The van der Waals surface area contributed by atoms with Gasteiger partial charge in [-0.3, -0.25) is 0 Å². The molecule has 3 heterocycles. The van der Waals surface area contributed by atoms with Gasteiger partial charge in [-0.2, -0.15) is 0 Å². The first-order chi connectivity index (χ1) is 32.3. The van der Waals surface area contributed by atoms with Crippen LogP contribution in [0.15, 0.2) is 194 Å². The molecule has 8 aromatic carbocycles. The molecule has 0 aliphatic carbocycles. The summed E-state index contributed by atoms with van der Waals surface area (Å²) >= 11 is 1.64. The van der Waals surface area contributed by atoms with Crippen molar-refractivity contribution in [3.8, 4) is 62.1 Å². The van der Waals surface area contributed by atoms with Crippen molar-refractivity contribution in [3.05, 3.63) is 194 Å². The molecule has 11 rings (SSSR count). The molecule has 262 valence electrons. The second-order valence-corrected chi connectivity index (χ2v) is 14.2. The number of nitrogens with zero attached hydrogens (tertiary/aromatic N) is 4. The van der Waals surface area contributed by atoms with E-state index in [1.807, 2.05) is 103 Å². The largest absolute Gasteiger partial charge is 0.308 e. The monoisotopic (exact) mass is 743 g/mol. The van der Waals surface area contributed by atoms with Crippen molar-refractivity contribution in [1.29, 1.82) is 0 Å². The van der Waals surface area contributed by atoms with E-state index in [0.717, 1.165) is 31.3 Å². The van der Waals surface area contributed by atoms with Crippen LogP contribution in [0.1, 0.15) is 15.1 Å². The maximum atomic E-state index is 9.65. The van der Waals surface area contributed by atoms with E-state index in [1.54, 1.807) is 15.9 Å². The van der Waals surface area contributed by atoms with Crippen molar-refractivity contribution < 1.29 is 15.1 Å². The summed E-state index contributed by atoms with van der Waals surface area (Å²) in [6.07, 6.45) is 0. The summed E-state index contributed by atoms with van der Waals surface area (Å²) in [5.74, 6) is 0.934. The van der Waals surface area contributed by atoms with Crippen molar-refractivity contribution in [3.63, 3.8) is 0 Å². The molecule has 56 heavy (non-hydrogen) atoms. The summed E-state index contributed by atoms with van der Waals surface area (Å²) in [5.41, 5.74) is 2.98. The Balaban J connectivity index is 1.33. The molecule has 0 unspecified atom stereocenters. The zero-order chi connectivity index (χ0) is 46.6. The topological polar surface area (TPSA) is 43.6 Å². The highest BCUT2D eigenvalue weighted by Crippen LogP contribution is 2.44. The number of hydrogen-bond donors (Lipinski definition) is 0. The second kappa shape index (κ2) is 13.3. The van der Waals surface area contributed by atoms with Gasteiger partial charge in [-0.25, -0.2) is 15.0 Å². The lowest BCUT2D eigenvalue weighted by atomic mass is 9.99. The summed E-state index contributed by atoms with van der Waals surface area (Å²) in [6.45, 7) is 0. The highest BCUT2D eigenvalue weighted by atomic mass is 32.1. The van der Waals surface area contributed by atoms with E-state index < -0.39 is 53.9 Å². The summed E-state index contributed by atoms with van der Waals surface area (Å²) in [4.78, 5) is 15.0. The van der Waals surface area contributed by atoms with Crippen LogP contribution in [0.5, 0.6) is 0 Å². The number of para-hydroxylation sites is 1. The van der Waals surface area contributed by atoms with Crippen LogP contribution >= 0.6 is 11.3 Å². The van der Waals surface area contributed by atoms with Crippen molar-refractivity contribution in [1.82, 2.24) is 19.5 Å². The average Bonchev–Trinajstić information content (AvgIpc) is 3.92. The van der Waals surface area contributed by atoms with Gasteiger partial charge in [-0.1, -0.05) is 164 Å². The fraction of sp³-hybridized carbons (Fsp3) is 0. The van der Waals surface area contributed by atoms with Crippen molar-refractivity contribution in [2.24, 2.45) is 0 Å². The molecule has 0 fully saturated rings. The van der Waals surface area contributed by atoms with Gasteiger partial charge in [0, 0.05) is 47.6 Å². The third-order valence-electron chi connectivity index (χ3n) is 9.91. The Morgan fingerprint density at radius 3 is 1.93 bits per heavy atom. The lowest BCUT2D eigenvalue weighted by Gasteiger charge is -2.17. The molecule has 11 aromatic rings. The Morgan fingerprint density at radius 2 is 1.14 bits per heavy atom. The molecule has 5 heteroatoms. The molecular weight excluding hydrogens is 701 g/mol. The van der Waals surface area contributed by atoms with E-state index in [9.17, 15) is 6.85 Å². The van der Waals surface area contributed by atoms with Crippen molar-refractivity contribution in [2.75, 3.05) is 0 Å². The highest BCUT2D eigenvalue weighted by Gasteiger charge is 2.22. The van der Waals surface area contributed by atoms with Gasteiger partial charge in [0.25, 0.3) is 0 Å². The lowest BCUT2D eigenvalue weighted by Crippen LogP contribution is -2.04. The summed E-state index contributed by atoms with van der Waals surface area (Å²) in [7, 11) is 0. The minimum Gasteiger partial charge on any atom is -0.308 e. The molecule has 0 radical (unpaired) electrons. The quantitative estimate of drug-likeness (QED) is 0.170. The molecule has 0 spiro atoms. The maximum Gasteiger partial charge on any atom is 0.166 e. The third-order valence-corrected chi connectivity index (χ3v) is 11.1. The Kier molecular flexibility index (Phi) is 5.42. The zero-order valence-electron chi connectivity index (χ0n) is 40.3. The standard InChI is InChI=1S/C51H32N4S/c1-4-16-33(17-5-1)37-24-15-28-44-47(37)41-23-10-12-27-43(41)55(44)45-32-36(38-25-14-26-40-39-22-11-13-29-46(39)56-48(38)40)30-31-42(45)51-53-49(34-18-6-2-7-19-34)52-50(54-51)35-20-8-3-9-21-35/h1-32H/i1D,4D,5D,10D,15D,16D,17D,23D,24D,27D,28D. The molecule has 0 N–H and O–H groups in total. The van der Waals surface area contributed by atoms with Crippen LogP contribution < -0.4 is 0 Å². The van der Waals surface area contributed by atoms with Crippen LogP contribution in [0.3, 0.4) is 0 Å². The van der Waals surface area contributed by atoms with E-state index in [1.165, 1.54) is 6.07 Å². The van der Waals surface area contributed by atoms with Crippen LogP contribution in [0, 0.1) is 0 Å². The Labute approximate surface area is 343 Å². The zero-order valence-corrected chi connectivity index (χ0v) is 30.1. The van der Waals surface area contributed by atoms with Crippen molar-refractivity contribution in [2.45, 2.75) is 0 Å². The minimum absolute atomic E-state index is 0.0298. The van der Waals surface area contributed by atoms with E-state index in [-0.39, 0.29) is 51.3 Å². The normalized spacial score (nSPS) is 14.3. The third kappa shape index (κ3) is 5.32. The smallest absolute Gasteiger partial charge is 0.166 e. The predicted molar refractivity (Wildman–Crippen MR) is 234 cm³/mol. The Bertz CT molecular complexity index is 3810. The molecule has 0 amide bonds. The van der Waals surface area contributed by atoms with E-state index >= 15 is 0 Å². The fourth-order valence-corrected chi connectivity index (χ4v) is 8.64. The van der Waals surface area contributed by atoms with Crippen LogP contribution in [0.4, 0.5) is 0 Å². The molecule has 4 nitrogen and oxygen atoms in total. The van der Waals surface area contributed by atoms with Crippen LogP contribution in [-0.2, 0) is 0 Å². The predicted octanol–water partition coefficient (Wildman–Crippen LogP) is 13.7. The number of hydrogen-bond acceptors (Lipinski definition) is 4. The molecule has 0 bridgehead atoms. The number of aromatic nitrogens is 4. The molecule has 0 saturated heterocycles. The number of rotatable bonds is 6. The molecule has 3 aromatic heterocycles. The van der Waals surface area contributed by atoms with Crippen LogP contribution in [0.2, 0.25) is 0 Å². The summed E-state index contributed by atoms with van der Waals surface area (Å²) < 4.78 is 103. The van der Waals surface area contributed by atoms with Crippen LogP contribution in [-0.4, -0.2) is 19.5 Å². The summed E-state index contributed by atoms with van der Waals surface area (Å²) in [6, 6.07) is 34.0. The SMILES string of the molecule is [2H]c1cc([2H])c2c(c1[2H])c1c(-c3c([2H])c([2H])c([2H])c([2H])c3[2H])c([2H])c([2H])c([2H])c1n2-c1cc(-c2cccc3c2sc2ccccc23)ccc1-c1nc(-c2ccccc2)nc(-c2ccccc2)n1. The molecule has 0 saturated carbocycles. The molecule has 0 aliphatic rings. The first-order valence-electron chi connectivity index (χ1n) is 23.4. The molecule has 0 aliphatic heterocycles. The fourth-order valence-electron chi connectivity index (χ4n) is 7.40. The average molecular weight is 744 g/mol. The van der Waals surface area contributed by atoms with Gasteiger partial charge in [-0.15, -0.1) is 11.3 Å². The lowest BCUT2D eigenvalue weighted by molar-refractivity contribution is 1.06. The van der Waals surface area contributed by atoms with E-state index in [0.29, 0.717) is 34.0 Å². The Hall–Kier alpha value is -7.21. The van der Waals surface area contributed by atoms with Gasteiger partial charge in [-0.05, 0) is 52.5 Å². The first kappa shape index (κ1) is 22.9. The molecular formula is C51H32N4S. The molecule has 0 atom stereocenters. The van der Waals surface area contributed by atoms with Gasteiger partial charge in [0.2, 0.25) is 0 Å². The minimum atomic E-state index is -0.675. The summed E-state index contributed by atoms with van der Waals surface area (Å²) in [5, 5.41) is 1.99. The van der Waals surface area contributed by atoms with Crippen molar-refractivity contribution >= 4 is 53.3 Å². The Morgan fingerprint density at radius 1 is 0.429 bits per heavy atom. The van der Waals surface area contributed by atoms with Gasteiger partial charge in [0.1, 0.15) is 0 Å². The highest BCUT2D eigenvalue weighted by molar-refractivity contribution is 7.26. The van der Waals surface area contributed by atoms with Gasteiger partial charge in [0.05, 0.1) is 31.8 Å². The maximum absolute atomic E-state index is 9.65. The van der Waals surface area contributed by atoms with Gasteiger partial charge >= 0.3 is 0 Å². The van der Waals surface area contributed by atoms with E-state index in [2.05, 4.69) is 18.2 Å². The second-order valence-electron chi connectivity index (χ2n) is 13.1. The van der Waals surface area contributed by atoms with Gasteiger partial charge in [0.15, 0.2) is 17.5 Å². The van der Waals surface area contributed by atoms with Gasteiger partial charge < -0.3 is 4.57 Å².